The van der Waals surface area contributed by atoms with E-state index in [1.165, 1.54) is 18.4 Å². The Labute approximate surface area is 136 Å². The zero-order chi connectivity index (χ0) is 15.8. The van der Waals surface area contributed by atoms with Gasteiger partial charge in [0.2, 0.25) is 0 Å². The zero-order valence-electron chi connectivity index (χ0n) is 13.2. The first kappa shape index (κ1) is 14.5. The monoisotopic (exact) mass is 310 g/mol. The molecule has 2 aromatic heterocycles. The van der Waals surface area contributed by atoms with Gasteiger partial charge in [-0.2, -0.15) is 0 Å². The number of aliphatic hydroxyl groups is 1. The van der Waals surface area contributed by atoms with Gasteiger partial charge < -0.3 is 15.7 Å². The quantitative estimate of drug-likeness (QED) is 0.908. The van der Waals surface area contributed by atoms with Crippen LogP contribution in [0.4, 0.5) is 11.6 Å². The van der Waals surface area contributed by atoms with Gasteiger partial charge in [0, 0.05) is 18.3 Å². The maximum Gasteiger partial charge on any atom is 0.128 e. The van der Waals surface area contributed by atoms with E-state index < -0.39 is 0 Å². The molecule has 1 saturated heterocycles. The van der Waals surface area contributed by atoms with Crippen molar-refractivity contribution in [1.82, 2.24) is 9.97 Å². The van der Waals surface area contributed by atoms with Crippen LogP contribution in [0.25, 0.3) is 11.3 Å². The molecule has 1 saturated carbocycles. The van der Waals surface area contributed by atoms with Gasteiger partial charge in [-0.1, -0.05) is 0 Å². The lowest BCUT2D eigenvalue weighted by Crippen LogP contribution is -2.32. The minimum absolute atomic E-state index is 0.185. The van der Waals surface area contributed by atoms with Gasteiger partial charge in [0.25, 0.3) is 0 Å². The molecule has 0 radical (unpaired) electrons. The lowest BCUT2D eigenvalue weighted by atomic mass is 10.1. The fourth-order valence-electron chi connectivity index (χ4n) is 3.41. The van der Waals surface area contributed by atoms with Crippen molar-refractivity contribution in [3.05, 3.63) is 36.0 Å². The van der Waals surface area contributed by atoms with Gasteiger partial charge in [0.15, 0.2) is 0 Å². The Kier molecular flexibility index (Phi) is 3.65. The normalized spacial score (nSPS) is 20.9. The van der Waals surface area contributed by atoms with E-state index in [1.807, 2.05) is 24.4 Å². The van der Waals surface area contributed by atoms with Crippen molar-refractivity contribution in [2.75, 3.05) is 23.8 Å². The molecular formula is C18H22N4O. The van der Waals surface area contributed by atoms with E-state index in [0.717, 1.165) is 36.5 Å². The number of nitrogen functional groups attached to an aromatic ring is 1. The summed E-state index contributed by atoms with van der Waals surface area (Å²) in [7, 11) is 0. The predicted octanol–water partition coefficient (Wildman–Crippen LogP) is 2.56. The van der Waals surface area contributed by atoms with Crippen molar-refractivity contribution in [1.29, 1.82) is 0 Å². The van der Waals surface area contributed by atoms with E-state index in [2.05, 4.69) is 20.9 Å². The summed E-state index contributed by atoms with van der Waals surface area (Å²) in [6.45, 7) is 1.14. The molecule has 2 aromatic rings. The second-order valence-electron chi connectivity index (χ2n) is 6.56. The summed E-state index contributed by atoms with van der Waals surface area (Å²) < 4.78 is 0. The van der Waals surface area contributed by atoms with Crippen LogP contribution in [0, 0.1) is 0 Å². The van der Waals surface area contributed by atoms with Gasteiger partial charge in [-0.05, 0) is 61.4 Å². The number of hydrogen-bond acceptors (Lipinski definition) is 5. The van der Waals surface area contributed by atoms with Gasteiger partial charge in [0.1, 0.15) is 11.6 Å². The van der Waals surface area contributed by atoms with Crippen LogP contribution in [0.2, 0.25) is 0 Å². The SMILES string of the molecule is Nc1cc(C2CC2)cc(-c2ccc(N3CCCC3CO)nc2)n1. The molecule has 4 rings (SSSR count). The molecule has 0 aromatic carbocycles. The summed E-state index contributed by atoms with van der Waals surface area (Å²) in [6, 6.07) is 8.38. The summed E-state index contributed by atoms with van der Waals surface area (Å²) in [5.74, 6) is 2.16. The Morgan fingerprint density at radius 1 is 1.22 bits per heavy atom. The highest BCUT2D eigenvalue weighted by molar-refractivity contribution is 5.63. The Morgan fingerprint density at radius 3 is 2.78 bits per heavy atom. The number of aliphatic hydroxyl groups excluding tert-OH is 1. The molecule has 1 atom stereocenters. The minimum Gasteiger partial charge on any atom is -0.394 e. The Bertz CT molecular complexity index is 697. The third-order valence-electron chi connectivity index (χ3n) is 4.84. The van der Waals surface area contributed by atoms with Gasteiger partial charge in [-0.3, -0.25) is 0 Å². The molecule has 5 heteroatoms. The lowest BCUT2D eigenvalue weighted by Gasteiger charge is -2.24. The summed E-state index contributed by atoms with van der Waals surface area (Å²) >= 11 is 0. The number of rotatable bonds is 4. The second kappa shape index (κ2) is 5.81. The summed E-state index contributed by atoms with van der Waals surface area (Å²) in [4.78, 5) is 11.2. The molecule has 2 fully saturated rings. The molecule has 1 aliphatic carbocycles. The molecular weight excluding hydrogens is 288 g/mol. The zero-order valence-corrected chi connectivity index (χ0v) is 13.2. The summed E-state index contributed by atoms with van der Waals surface area (Å²) in [5.41, 5.74) is 9.13. The number of nitrogens with two attached hydrogens (primary N) is 1. The maximum atomic E-state index is 9.46. The third-order valence-corrected chi connectivity index (χ3v) is 4.84. The molecule has 3 heterocycles. The van der Waals surface area contributed by atoms with Gasteiger partial charge in [-0.15, -0.1) is 0 Å². The average molecular weight is 310 g/mol. The Balaban J connectivity index is 1.61. The molecule has 1 unspecified atom stereocenters. The van der Waals surface area contributed by atoms with Crippen molar-refractivity contribution in [2.45, 2.75) is 37.6 Å². The van der Waals surface area contributed by atoms with Crippen molar-refractivity contribution in [2.24, 2.45) is 0 Å². The van der Waals surface area contributed by atoms with Crippen LogP contribution in [-0.2, 0) is 0 Å². The molecule has 0 bridgehead atoms. The van der Waals surface area contributed by atoms with Gasteiger partial charge in [0.05, 0.1) is 18.3 Å². The molecule has 3 N–H and O–H groups in total. The number of aromatic nitrogens is 2. The van der Waals surface area contributed by atoms with E-state index in [0.29, 0.717) is 11.7 Å². The molecule has 0 spiro atoms. The van der Waals surface area contributed by atoms with Crippen LogP contribution in [0.5, 0.6) is 0 Å². The standard InChI is InChI=1S/C18H22N4O/c19-17-9-14(12-3-4-12)8-16(21-17)13-5-6-18(20-10-13)22-7-1-2-15(22)11-23/h5-6,8-10,12,15,23H,1-4,7,11H2,(H2,19,21). The minimum atomic E-state index is 0.185. The highest BCUT2D eigenvalue weighted by Crippen LogP contribution is 2.41. The van der Waals surface area contributed by atoms with Crippen LogP contribution in [0.15, 0.2) is 30.5 Å². The second-order valence-corrected chi connectivity index (χ2v) is 6.56. The molecule has 23 heavy (non-hydrogen) atoms. The molecule has 0 amide bonds. The van der Waals surface area contributed by atoms with E-state index >= 15 is 0 Å². The number of hydrogen-bond donors (Lipinski definition) is 2. The first-order valence-corrected chi connectivity index (χ1v) is 8.36. The first-order valence-electron chi connectivity index (χ1n) is 8.36. The smallest absolute Gasteiger partial charge is 0.128 e. The highest BCUT2D eigenvalue weighted by atomic mass is 16.3. The van der Waals surface area contributed by atoms with Crippen molar-refractivity contribution in [3.63, 3.8) is 0 Å². The van der Waals surface area contributed by atoms with Crippen molar-refractivity contribution in [3.8, 4) is 11.3 Å². The van der Waals surface area contributed by atoms with Gasteiger partial charge in [-0.25, -0.2) is 9.97 Å². The maximum absolute atomic E-state index is 9.46. The summed E-state index contributed by atoms with van der Waals surface area (Å²) in [6.07, 6.45) is 6.49. The van der Waals surface area contributed by atoms with Crippen LogP contribution in [0.3, 0.4) is 0 Å². The molecule has 2 aliphatic rings. The number of nitrogens with zero attached hydrogens (tertiary/aromatic N) is 3. The van der Waals surface area contributed by atoms with Crippen molar-refractivity contribution >= 4 is 11.6 Å². The average Bonchev–Trinajstić information content (AvgIpc) is 3.32. The molecule has 5 nitrogen and oxygen atoms in total. The fourth-order valence-corrected chi connectivity index (χ4v) is 3.41. The highest BCUT2D eigenvalue weighted by Gasteiger charge is 2.26. The fraction of sp³-hybridized carbons (Fsp3) is 0.444. The van der Waals surface area contributed by atoms with E-state index in [4.69, 9.17) is 5.73 Å². The van der Waals surface area contributed by atoms with Crippen LogP contribution in [0.1, 0.15) is 37.2 Å². The number of anilines is 2. The third kappa shape index (κ3) is 2.88. The molecule has 1 aliphatic heterocycles. The Morgan fingerprint density at radius 2 is 2.09 bits per heavy atom. The van der Waals surface area contributed by atoms with Crippen molar-refractivity contribution < 1.29 is 5.11 Å². The molecule has 120 valence electrons. The lowest BCUT2D eigenvalue weighted by molar-refractivity contribution is 0.266. The first-order chi connectivity index (χ1) is 11.2. The van der Waals surface area contributed by atoms with Crippen LogP contribution < -0.4 is 10.6 Å². The van der Waals surface area contributed by atoms with E-state index in [-0.39, 0.29) is 12.6 Å². The van der Waals surface area contributed by atoms with E-state index in [9.17, 15) is 5.11 Å². The summed E-state index contributed by atoms with van der Waals surface area (Å²) in [5, 5.41) is 9.46. The van der Waals surface area contributed by atoms with Gasteiger partial charge >= 0.3 is 0 Å². The number of pyridine rings is 2. The predicted molar refractivity (Wildman–Crippen MR) is 91.3 cm³/mol. The van der Waals surface area contributed by atoms with E-state index in [1.54, 1.807) is 0 Å². The van der Waals surface area contributed by atoms with Crippen LogP contribution >= 0.6 is 0 Å². The Hall–Kier alpha value is -2.14. The largest absolute Gasteiger partial charge is 0.394 e. The topological polar surface area (TPSA) is 75.3 Å². The van der Waals surface area contributed by atoms with Crippen LogP contribution in [-0.4, -0.2) is 34.3 Å².